The van der Waals surface area contributed by atoms with E-state index in [1.165, 1.54) is 0 Å². The molecule has 3 rings (SSSR count). The molecule has 1 aromatic carbocycles. The van der Waals surface area contributed by atoms with Crippen molar-refractivity contribution in [1.29, 1.82) is 5.26 Å². The highest BCUT2D eigenvalue weighted by Crippen LogP contribution is 2.09. The van der Waals surface area contributed by atoms with Gasteiger partial charge >= 0.3 is 0 Å². The molecule has 0 radical (unpaired) electrons. The lowest BCUT2D eigenvalue weighted by molar-refractivity contribution is -0.921. The molecular formula is C19H18N3O3+. The fourth-order valence-electron chi connectivity index (χ4n) is 2.61. The van der Waals surface area contributed by atoms with Gasteiger partial charge in [0.2, 0.25) is 0 Å². The second-order valence-electron chi connectivity index (χ2n) is 5.68. The third-order valence-electron chi connectivity index (χ3n) is 3.69. The van der Waals surface area contributed by atoms with Gasteiger partial charge in [-0.1, -0.05) is 6.07 Å². The fraction of sp³-hybridized carbons (Fsp3) is 0.158. The van der Waals surface area contributed by atoms with Crippen LogP contribution in [0, 0.1) is 11.3 Å². The zero-order valence-electron chi connectivity index (χ0n) is 13.6. The van der Waals surface area contributed by atoms with Crippen LogP contribution in [0.5, 0.6) is 0 Å². The van der Waals surface area contributed by atoms with Gasteiger partial charge in [0, 0.05) is 5.69 Å². The summed E-state index contributed by atoms with van der Waals surface area (Å²) in [6.07, 6.45) is 3.24. The van der Waals surface area contributed by atoms with Gasteiger partial charge in [-0.3, -0.25) is 4.79 Å². The average Bonchev–Trinajstić information content (AvgIpc) is 3.29. The number of hydrogen-bond acceptors (Lipinski definition) is 4. The molecule has 0 unspecified atom stereocenters. The minimum atomic E-state index is -0.136. The summed E-state index contributed by atoms with van der Waals surface area (Å²) in [6, 6.07) is 16.3. The monoisotopic (exact) mass is 336 g/mol. The van der Waals surface area contributed by atoms with Crippen LogP contribution in [0.1, 0.15) is 17.1 Å². The Kier molecular flexibility index (Phi) is 5.29. The van der Waals surface area contributed by atoms with Crippen LogP contribution in [-0.4, -0.2) is 12.5 Å². The molecule has 0 aliphatic rings. The van der Waals surface area contributed by atoms with Crippen LogP contribution in [0.2, 0.25) is 0 Å². The van der Waals surface area contributed by atoms with Crippen molar-refractivity contribution in [2.75, 3.05) is 11.9 Å². The van der Waals surface area contributed by atoms with Gasteiger partial charge in [0.25, 0.3) is 5.91 Å². The lowest BCUT2D eigenvalue weighted by Crippen LogP contribution is -3.10. The number of nitrogens with zero attached hydrogens (tertiary/aromatic N) is 1. The highest BCUT2D eigenvalue weighted by Gasteiger charge is 2.18. The van der Waals surface area contributed by atoms with E-state index in [0.29, 0.717) is 24.3 Å². The third kappa shape index (κ3) is 4.83. The van der Waals surface area contributed by atoms with E-state index in [-0.39, 0.29) is 12.5 Å². The summed E-state index contributed by atoms with van der Waals surface area (Å²) >= 11 is 0. The third-order valence-corrected chi connectivity index (χ3v) is 3.69. The standard InChI is InChI=1S/C19H17N3O3/c20-11-15-4-1-5-16(10-15)21-19(23)14-22(12-17-6-2-8-24-17)13-18-7-3-9-25-18/h1-10H,12-14H2,(H,21,23)/p+1. The molecule has 6 heteroatoms. The molecular weight excluding hydrogens is 318 g/mol. The molecule has 1 amide bonds. The molecule has 0 fully saturated rings. The predicted octanol–water partition coefficient (Wildman–Crippen LogP) is 1.97. The van der Waals surface area contributed by atoms with Crippen LogP contribution in [-0.2, 0) is 17.9 Å². The van der Waals surface area contributed by atoms with Crippen molar-refractivity contribution in [1.82, 2.24) is 0 Å². The zero-order chi connectivity index (χ0) is 17.5. The first kappa shape index (κ1) is 16.6. The summed E-state index contributed by atoms with van der Waals surface area (Å²) in [6.45, 7) is 1.39. The largest absolute Gasteiger partial charge is 0.463 e. The summed E-state index contributed by atoms with van der Waals surface area (Å²) in [7, 11) is 0. The minimum absolute atomic E-state index is 0.136. The van der Waals surface area contributed by atoms with E-state index in [1.54, 1.807) is 36.8 Å². The van der Waals surface area contributed by atoms with E-state index < -0.39 is 0 Å². The number of anilines is 1. The van der Waals surface area contributed by atoms with Gasteiger partial charge in [-0.15, -0.1) is 0 Å². The Bertz CT molecular complexity index is 812. The lowest BCUT2D eigenvalue weighted by Gasteiger charge is -2.17. The Labute approximate surface area is 145 Å². The van der Waals surface area contributed by atoms with Crippen LogP contribution in [0.4, 0.5) is 5.69 Å². The number of hydrogen-bond donors (Lipinski definition) is 2. The number of nitriles is 1. The lowest BCUT2D eigenvalue weighted by atomic mass is 10.2. The summed E-state index contributed by atoms with van der Waals surface area (Å²) in [5.41, 5.74) is 1.12. The van der Waals surface area contributed by atoms with Crippen LogP contribution in [0.15, 0.2) is 69.9 Å². The Balaban J connectivity index is 1.65. The number of benzene rings is 1. The van der Waals surface area contributed by atoms with E-state index in [0.717, 1.165) is 16.4 Å². The molecule has 0 bridgehead atoms. The van der Waals surface area contributed by atoms with Crippen molar-refractivity contribution in [2.24, 2.45) is 0 Å². The van der Waals surface area contributed by atoms with E-state index in [9.17, 15) is 4.79 Å². The highest BCUT2D eigenvalue weighted by molar-refractivity contribution is 5.91. The van der Waals surface area contributed by atoms with Crippen LogP contribution < -0.4 is 10.2 Å². The Morgan fingerprint density at radius 2 is 1.72 bits per heavy atom. The van der Waals surface area contributed by atoms with Crippen LogP contribution in [0.25, 0.3) is 0 Å². The molecule has 25 heavy (non-hydrogen) atoms. The number of carbonyl (C=O) groups excluding carboxylic acids is 1. The van der Waals surface area contributed by atoms with E-state index >= 15 is 0 Å². The minimum Gasteiger partial charge on any atom is -0.463 e. The van der Waals surface area contributed by atoms with Gasteiger partial charge in [0.05, 0.1) is 24.2 Å². The molecule has 0 saturated carbocycles. The van der Waals surface area contributed by atoms with Gasteiger partial charge in [-0.2, -0.15) is 5.26 Å². The maximum Gasteiger partial charge on any atom is 0.279 e. The molecule has 0 aliphatic carbocycles. The number of amides is 1. The molecule has 2 aromatic heterocycles. The van der Waals surface area contributed by atoms with Gasteiger partial charge in [-0.25, -0.2) is 0 Å². The van der Waals surface area contributed by atoms with Gasteiger partial charge in [0.1, 0.15) is 13.1 Å². The van der Waals surface area contributed by atoms with Crippen molar-refractivity contribution in [3.05, 3.63) is 78.1 Å². The fourth-order valence-corrected chi connectivity index (χ4v) is 2.61. The maximum atomic E-state index is 12.4. The summed E-state index contributed by atoms with van der Waals surface area (Å²) in [5.74, 6) is 1.48. The van der Waals surface area contributed by atoms with E-state index in [1.807, 2.05) is 24.3 Å². The summed E-state index contributed by atoms with van der Waals surface area (Å²) < 4.78 is 10.8. The van der Waals surface area contributed by atoms with Crippen molar-refractivity contribution >= 4 is 11.6 Å². The van der Waals surface area contributed by atoms with E-state index in [4.69, 9.17) is 14.1 Å². The van der Waals surface area contributed by atoms with Crippen molar-refractivity contribution in [3.8, 4) is 6.07 Å². The number of carbonyl (C=O) groups is 1. The predicted molar refractivity (Wildman–Crippen MR) is 90.4 cm³/mol. The van der Waals surface area contributed by atoms with Crippen LogP contribution >= 0.6 is 0 Å². The second kappa shape index (κ2) is 7.99. The Morgan fingerprint density at radius 1 is 1.04 bits per heavy atom. The molecule has 2 N–H and O–H groups in total. The second-order valence-corrected chi connectivity index (χ2v) is 5.68. The molecule has 3 aromatic rings. The summed E-state index contributed by atoms with van der Waals surface area (Å²) in [4.78, 5) is 13.4. The Hall–Kier alpha value is -3.30. The van der Waals surface area contributed by atoms with Crippen LogP contribution in [0.3, 0.4) is 0 Å². The van der Waals surface area contributed by atoms with Crippen molar-refractivity contribution in [2.45, 2.75) is 13.1 Å². The molecule has 0 saturated heterocycles. The molecule has 2 heterocycles. The molecule has 0 spiro atoms. The summed E-state index contributed by atoms with van der Waals surface area (Å²) in [5, 5.41) is 11.8. The van der Waals surface area contributed by atoms with Gasteiger partial charge in [-0.05, 0) is 42.5 Å². The zero-order valence-corrected chi connectivity index (χ0v) is 13.6. The first-order chi connectivity index (χ1) is 12.2. The van der Waals surface area contributed by atoms with Crippen molar-refractivity contribution < 1.29 is 18.5 Å². The number of furan rings is 2. The number of quaternary nitrogens is 1. The highest BCUT2D eigenvalue weighted by atomic mass is 16.3. The maximum absolute atomic E-state index is 12.4. The quantitative estimate of drug-likeness (QED) is 0.691. The normalized spacial score (nSPS) is 10.6. The molecule has 6 nitrogen and oxygen atoms in total. The Morgan fingerprint density at radius 3 is 2.28 bits per heavy atom. The number of nitrogens with one attached hydrogen (secondary N) is 2. The van der Waals surface area contributed by atoms with Gasteiger partial charge in [0.15, 0.2) is 18.1 Å². The number of rotatable bonds is 7. The topological polar surface area (TPSA) is 83.6 Å². The van der Waals surface area contributed by atoms with E-state index in [2.05, 4.69) is 11.4 Å². The van der Waals surface area contributed by atoms with Crippen molar-refractivity contribution in [3.63, 3.8) is 0 Å². The smallest absolute Gasteiger partial charge is 0.279 e. The average molecular weight is 336 g/mol. The molecule has 0 atom stereocenters. The first-order valence-corrected chi connectivity index (χ1v) is 7.91. The van der Waals surface area contributed by atoms with Gasteiger partial charge < -0.3 is 19.1 Å². The molecule has 126 valence electrons. The first-order valence-electron chi connectivity index (χ1n) is 7.91. The SMILES string of the molecule is N#Cc1cccc(NC(=O)C[NH+](Cc2ccco2)Cc2ccco2)c1. The molecule has 0 aliphatic heterocycles.